The molecule has 0 N–H and O–H groups in total. The fourth-order valence-electron chi connectivity index (χ4n) is 3.43. The van der Waals surface area contributed by atoms with E-state index in [0.29, 0.717) is 37.8 Å². The van der Waals surface area contributed by atoms with E-state index in [4.69, 9.17) is 32.9 Å². The van der Waals surface area contributed by atoms with Gasteiger partial charge in [-0.05, 0) is 48.7 Å². The molecular formula is C23H20Cl2N2O2S2. The smallest absolute Gasteiger partial charge is 0.267 e. The van der Waals surface area contributed by atoms with Gasteiger partial charge in [-0.15, -0.1) is 11.3 Å². The van der Waals surface area contributed by atoms with Crippen molar-refractivity contribution in [2.45, 2.75) is 31.2 Å². The molecule has 0 aliphatic heterocycles. The molecule has 0 saturated heterocycles. The number of nitrogens with zero attached hydrogens (tertiary/aromatic N) is 2. The van der Waals surface area contributed by atoms with Gasteiger partial charge in [0.15, 0.2) is 5.16 Å². The number of fused-ring (bicyclic) bond motifs is 1. The van der Waals surface area contributed by atoms with Crippen LogP contribution in [0.25, 0.3) is 15.9 Å². The molecule has 0 fully saturated rings. The fourth-order valence-corrected chi connectivity index (χ4v) is 6.34. The highest BCUT2D eigenvalue weighted by Crippen LogP contribution is 2.34. The van der Waals surface area contributed by atoms with E-state index in [1.807, 2.05) is 49.4 Å². The summed E-state index contributed by atoms with van der Waals surface area (Å²) >= 11 is 15.7. The van der Waals surface area contributed by atoms with Gasteiger partial charge in [-0.3, -0.25) is 9.36 Å². The van der Waals surface area contributed by atoms with Crippen molar-refractivity contribution in [3.63, 3.8) is 0 Å². The van der Waals surface area contributed by atoms with Crippen LogP contribution < -0.4 is 10.3 Å². The first-order valence-electron chi connectivity index (χ1n) is 9.69. The maximum absolute atomic E-state index is 13.7. The van der Waals surface area contributed by atoms with Crippen molar-refractivity contribution in [3.8, 4) is 11.4 Å². The van der Waals surface area contributed by atoms with E-state index in [2.05, 4.69) is 6.92 Å². The van der Waals surface area contributed by atoms with Gasteiger partial charge in [0.1, 0.15) is 10.6 Å². The van der Waals surface area contributed by atoms with Crippen LogP contribution >= 0.6 is 46.3 Å². The summed E-state index contributed by atoms with van der Waals surface area (Å²) in [6.07, 6.45) is 0.864. The highest BCUT2D eigenvalue weighted by molar-refractivity contribution is 7.98. The Bertz CT molecular complexity index is 1310. The van der Waals surface area contributed by atoms with Crippen molar-refractivity contribution in [1.82, 2.24) is 9.55 Å². The molecule has 2 aromatic carbocycles. The number of hydrogen-bond acceptors (Lipinski definition) is 5. The van der Waals surface area contributed by atoms with Crippen molar-refractivity contribution in [1.29, 1.82) is 0 Å². The van der Waals surface area contributed by atoms with E-state index in [1.165, 1.54) is 16.6 Å². The van der Waals surface area contributed by atoms with Crippen LogP contribution in [0, 0.1) is 6.92 Å². The maximum atomic E-state index is 13.7. The minimum absolute atomic E-state index is 0.0838. The Kier molecular flexibility index (Phi) is 6.63. The van der Waals surface area contributed by atoms with Gasteiger partial charge in [0.25, 0.3) is 5.56 Å². The topological polar surface area (TPSA) is 44.1 Å². The van der Waals surface area contributed by atoms with Crippen LogP contribution in [-0.2, 0) is 12.2 Å². The predicted octanol–water partition coefficient (Wildman–Crippen LogP) is 6.93. The zero-order chi connectivity index (χ0) is 22.1. The van der Waals surface area contributed by atoms with Crippen LogP contribution in [-0.4, -0.2) is 16.7 Å². The van der Waals surface area contributed by atoms with Crippen molar-refractivity contribution >= 4 is 56.5 Å². The monoisotopic (exact) mass is 490 g/mol. The van der Waals surface area contributed by atoms with Crippen LogP contribution in [0.15, 0.2) is 52.4 Å². The Morgan fingerprint density at radius 3 is 2.55 bits per heavy atom. The molecule has 0 unspecified atom stereocenters. The summed E-state index contributed by atoms with van der Waals surface area (Å²) in [6, 6.07) is 12.9. The third-order valence-electron chi connectivity index (χ3n) is 5.07. The predicted molar refractivity (Wildman–Crippen MR) is 132 cm³/mol. The van der Waals surface area contributed by atoms with Gasteiger partial charge in [0, 0.05) is 26.7 Å². The molecule has 31 heavy (non-hydrogen) atoms. The molecular weight excluding hydrogens is 471 g/mol. The first-order chi connectivity index (χ1) is 14.9. The highest BCUT2D eigenvalue weighted by Gasteiger charge is 2.20. The van der Waals surface area contributed by atoms with Gasteiger partial charge in [-0.1, -0.05) is 54.0 Å². The summed E-state index contributed by atoms with van der Waals surface area (Å²) < 4.78 is 7.03. The van der Waals surface area contributed by atoms with Gasteiger partial charge < -0.3 is 4.74 Å². The average Bonchev–Trinajstić information content (AvgIpc) is 3.09. The van der Waals surface area contributed by atoms with Gasteiger partial charge >= 0.3 is 0 Å². The quantitative estimate of drug-likeness (QED) is 0.217. The molecule has 0 saturated carbocycles. The minimum atomic E-state index is -0.0838. The zero-order valence-corrected chi connectivity index (χ0v) is 20.4. The molecule has 0 bridgehead atoms. The molecule has 160 valence electrons. The summed E-state index contributed by atoms with van der Waals surface area (Å²) in [6.45, 7) is 4.08. The van der Waals surface area contributed by atoms with Crippen LogP contribution in [0.5, 0.6) is 5.75 Å². The van der Waals surface area contributed by atoms with Crippen LogP contribution in [0.2, 0.25) is 10.0 Å². The molecule has 0 amide bonds. The lowest BCUT2D eigenvalue weighted by atomic mass is 10.2. The largest absolute Gasteiger partial charge is 0.497 e. The maximum Gasteiger partial charge on any atom is 0.267 e. The second kappa shape index (κ2) is 9.25. The number of ether oxygens (including phenoxy) is 1. The molecule has 4 nitrogen and oxygen atoms in total. The summed E-state index contributed by atoms with van der Waals surface area (Å²) in [5.41, 5.74) is 2.44. The second-order valence-corrected chi connectivity index (χ2v) is 9.75. The highest BCUT2D eigenvalue weighted by atomic mass is 35.5. The zero-order valence-electron chi connectivity index (χ0n) is 17.2. The number of halogens is 2. The van der Waals surface area contributed by atoms with Gasteiger partial charge in [0.2, 0.25) is 0 Å². The van der Waals surface area contributed by atoms with E-state index in [-0.39, 0.29) is 5.56 Å². The molecule has 4 aromatic rings. The summed E-state index contributed by atoms with van der Waals surface area (Å²) in [5, 5.41) is 2.45. The number of benzene rings is 2. The number of aryl methyl sites for hydroxylation is 2. The number of thiophene rings is 1. The molecule has 8 heteroatoms. The molecule has 0 radical (unpaired) electrons. The van der Waals surface area contributed by atoms with E-state index in [0.717, 1.165) is 22.4 Å². The Balaban J connectivity index is 1.91. The number of rotatable bonds is 6. The standard InChI is InChI=1S/C23H20Cl2N2O2S2/c1-4-19-13(2)20-21(31-19)26-23(30-12-16-17(24)9-6-10-18(16)25)27(22(20)28)14-7-5-8-15(11-14)29-3/h5-11H,4,12H2,1-3H3. The molecule has 0 spiro atoms. The molecule has 0 aliphatic carbocycles. The molecule has 0 aliphatic rings. The Morgan fingerprint density at radius 2 is 1.87 bits per heavy atom. The normalized spacial score (nSPS) is 11.3. The minimum Gasteiger partial charge on any atom is -0.497 e. The Hall–Kier alpha value is -1.99. The Morgan fingerprint density at radius 1 is 1.16 bits per heavy atom. The van der Waals surface area contributed by atoms with Crippen molar-refractivity contribution in [2.24, 2.45) is 0 Å². The number of thioether (sulfide) groups is 1. The van der Waals surface area contributed by atoms with E-state index in [1.54, 1.807) is 23.0 Å². The third-order valence-corrected chi connectivity index (χ3v) is 8.08. The van der Waals surface area contributed by atoms with E-state index >= 15 is 0 Å². The number of methoxy groups -OCH3 is 1. The van der Waals surface area contributed by atoms with Gasteiger partial charge in [0.05, 0.1) is 18.2 Å². The van der Waals surface area contributed by atoms with E-state index in [9.17, 15) is 4.79 Å². The van der Waals surface area contributed by atoms with Crippen LogP contribution in [0.4, 0.5) is 0 Å². The van der Waals surface area contributed by atoms with Gasteiger partial charge in [-0.25, -0.2) is 4.98 Å². The second-order valence-electron chi connectivity index (χ2n) is 6.91. The number of aromatic nitrogens is 2. The summed E-state index contributed by atoms with van der Waals surface area (Å²) in [4.78, 5) is 20.5. The van der Waals surface area contributed by atoms with E-state index < -0.39 is 0 Å². The lowest BCUT2D eigenvalue weighted by molar-refractivity contribution is 0.414. The number of hydrogen-bond donors (Lipinski definition) is 0. The van der Waals surface area contributed by atoms with Gasteiger partial charge in [-0.2, -0.15) is 0 Å². The summed E-state index contributed by atoms with van der Waals surface area (Å²) in [5.74, 6) is 1.16. The SMILES string of the molecule is CCc1sc2nc(SCc3c(Cl)cccc3Cl)n(-c3cccc(OC)c3)c(=O)c2c1C. The fraction of sp³-hybridized carbons (Fsp3) is 0.217. The third kappa shape index (κ3) is 4.22. The van der Waals surface area contributed by atoms with Crippen LogP contribution in [0.1, 0.15) is 22.9 Å². The summed E-state index contributed by atoms with van der Waals surface area (Å²) in [7, 11) is 1.61. The van der Waals surface area contributed by atoms with Crippen molar-refractivity contribution in [2.75, 3.05) is 7.11 Å². The van der Waals surface area contributed by atoms with Crippen molar-refractivity contribution in [3.05, 3.63) is 78.9 Å². The lowest BCUT2D eigenvalue weighted by Gasteiger charge is -2.14. The first-order valence-corrected chi connectivity index (χ1v) is 12.3. The van der Waals surface area contributed by atoms with Crippen LogP contribution in [0.3, 0.4) is 0 Å². The molecule has 0 atom stereocenters. The lowest BCUT2D eigenvalue weighted by Crippen LogP contribution is -2.21. The van der Waals surface area contributed by atoms with Crippen molar-refractivity contribution < 1.29 is 4.74 Å². The average molecular weight is 491 g/mol. The molecule has 2 heterocycles. The molecule has 2 aromatic heterocycles. The Labute approximate surface area is 198 Å². The molecule has 4 rings (SSSR count). The first kappa shape index (κ1) is 22.2.